The zero-order valence-corrected chi connectivity index (χ0v) is 11.9. The van der Waals surface area contributed by atoms with Crippen molar-refractivity contribution in [2.75, 3.05) is 26.8 Å². The van der Waals surface area contributed by atoms with Crippen molar-refractivity contribution in [2.24, 2.45) is 5.92 Å². The van der Waals surface area contributed by atoms with Gasteiger partial charge < -0.3 is 4.74 Å². The lowest BCUT2D eigenvalue weighted by atomic mass is 9.97. The molecule has 0 saturated carbocycles. The number of nitrogens with zero attached hydrogens (tertiary/aromatic N) is 2. The number of hydrogen-bond donors (Lipinski definition) is 0. The van der Waals surface area contributed by atoms with Gasteiger partial charge in [-0.2, -0.15) is 5.26 Å². The van der Waals surface area contributed by atoms with Crippen molar-refractivity contribution in [1.82, 2.24) is 4.90 Å². The molecule has 1 aromatic rings. The third-order valence-electron chi connectivity index (χ3n) is 3.98. The fourth-order valence-electron chi connectivity index (χ4n) is 2.73. The van der Waals surface area contributed by atoms with Gasteiger partial charge in [-0.15, -0.1) is 0 Å². The predicted molar refractivity (Wildman–Crippen MR) is 75.8 cm³/mol. The second kappa shape index (κ2) is 6.70. The van der Waals surface area contributed by atoms with Gasteiger partial charge in [0.15, 0.2) is 0 Å². The van der Waals surface area contributed by atoms with E-state index in [9.17, 15) is 0 Å². The minimum Gasteiger partial charge on any atom is -0.384 e. The van der Waals surface area contributed by atoms with E-state index in [1.165, 1.54) is 24.0 Å². The molecule has 1 saturated heterocycles. The van der Waals surface area contributed by atoms with Crippen molar-refractivity contribution in [3.8, 4) is 6.07 Å². The lowest BCUT2D eigenvalue weighted by Crippen LogP contribution is -2.34. The first-order valence-corrected chi connectivity index (χ1v) is 6.94. The molecule has 0 bridgehead atoms. The lowest BCUT2D eigenvalue weighted by molar-refractivity contribution is 0.0967. The number of likely N-dealkylation sites (tertiary alicyclic amines) is 1. The predicted octanol–water partition coefficient (Wildman–Crippen LogP) is 2.73. The van der Waals surface area contributed by atoms with Gasteiger partial charge in [-0.1, -0.05) is 6.07 Å². The summed E-state index contributed by atoms with van der Waals surface area (Å²) in [5.74, 6) is 0.725. The third-order valence-corrected chi connectivity index (χ3v) is 3.98. The van der Waals surface area contributed by atoms with E-state index in [1.54, 1.807) is 7.11 Å². The molecule has 102 valence electrons. The molecule has 1 aliphatic rings. The van der Waals surface area contributed by atoms with Crippen LogP contribution in [-0.2, 0) is 11.3 Å². The minimum absolute atomic E-state index is 0.725. The van der Waals surface area contributed by atoms with Crippen LogP contribution in [0.1, 0.15) is 29.5 Å². The molecule has 3 nitrogen and oxygen atoms in total. The highest BCUT2D eigenvalue weighted by atomic mass is 16.5. The maximum atomic E-state index is 8.88. The number of aryl methyl sites for hydroxylation is 1. The van der Waals surface area contributed by atoms with Crippen LogP contribution in [0.25, 0.3) is 0 Å². The molecule has 0 amide bonds. The molecule has 0 aliphatic carbocycles. The normalized spacial score (nSPS) is 17.3. The summed E-state index contributed by atoms with van der Waals surface area (Å²) < 4.78 is 5.23. The van der Waals surface area contributed by atoms with Crippen LogP contribution < -0.4 is 0 Å². The number of benzene rings is 1. The second-order valence-corrected chi connectivity index (χ2v) is 5.43. The number of piperidine rings is 1. The number of hydrogen-bond acceptors (Lipinski definition) is 3. The van der Waals surface area contributed by atoms with Crippen molar-refractivity contribution in [3.05, 3.63) is 34.9 Å². The SMILES string of the molecule is COCC1CCN(Cc2ccc(C#N)cc2C)CC1. The standard InChI is InChI=1S/C16H22N2O/c1-13-9-15(10-17)3-4-16(13)11-18-7-5-14(6-8-18)12-19-2/h3-4,9,14H,5-8,11-12H2,1-2H3. The lowest BCUT2D eigenvalue weighted by Gasteiger charge is -2.32. The first-order valence-electron chi connectivity index (χ1n) is 6.94. The van der Waals surface area contributed by atoms with E-state index in [4.69, 9.17) is 10.00 Å². The first-order chi connectivity index (χ1) is 9.22. The summed E-state index contributed by atoms with van der Waals surface area (Å²) in [5, 5.41) is 8.88. The zero-order chi connectivity index (χ0) is 13.7. The highest BCUT2D eigenvalue weighted by molar-refractivity contribution is 5.37. The second-order valence-electron chi connectivity index (χ2n) is 5.43. The van der Waals surface area contributed by atoms with Gasteiger partial charge in [0.05, 0.1) is 11.6 Å². The Labute approximate surface area is 115 Å². The van der Waals surface area contributed by atoms with Gasteiger partial charge in [0, 0.05) is 20.3 Å². The van der Waals surface area contributed by atoms with Crippen molar-refractivity contribution < 1.29 is 4.74 Å². The molecule has 19 heavy (non-hydrogen) atoms. The number of rotatable bonds is 4. The van der Waals surface area contributed by atoms with E-state index in [0.29, 0.717) is 0 Å². The molecule has 1 aliphatic heterocycles. The Hall–Kier alpha value is -1.37. The van der Waals surface area contributed by atoms with Gasteiger partial charge in [0.25, 0.3) is 0 Å². The number of nitriles is 1. The molecule has 0 atom stereocenters. The fourth-order valence-corrected chi connectivity index (χ4v) is 2.73. The van der Waals surface area contributed by atoms with Crippen molar-refractivity contribution in [3.63, 3.8) is 0 Å². The van der Waals surface area contributed by atoms with Crippen LogP contribution in [0.5, 0.6) is 0 Å². The van der Waals surface area contributed by atoms with Crippen LogP contribution in [0, 0.1) is 24.2 Å². The Morgan fingerprint density at radius 2 is 2.11 bits per heavy atom. The van der Waals surface area contributed by atoms with Gasteiger partial charge in [-0.25, -0.2) is 0 Å². The van der Waals surface area contributed by atoms with Crippen LogP contribution in [0.4, 0.5) is 0 Å². The molecule has 2 rings (SSSR count). The summed E-state index contributed by atoms with van der Waals surface area (Å²) in [5.41, 5.74) is 3.31. The van der Waals surface area contributed by atoms with Crippen molar-refractivity contribution in [2.45, 2.75) is 26.3 Å². The molecule has 0 N–H and O–H groups in total. The molecule has 3 heteroatoms. The average molecular weight is 258 g/mol. The molecule has 0 radical (unpaired) electrons. The Kier molecular flexibility index (Phi) is 4.95. The number of methoxy groups -OCH3 is 1. The van der Waals surface area contributed by atoms with E-state index >= 15 is 0 Å². The summed E-state index contributed by atoms with van der Waals surface area (Å²) in [4.78, 5) is 2.50. The molecule has 1 aromatic carbocycles. The monoisotopic (exact) mass is 258 g/mol. The van der Waals surface area contributed by atoms with E-state index in [2.05, 4.69) is 24.0 Å². The van der Waals surface area contributed by atoms with E-state index in [-0.39, 0.29) is 0 Å². The fraction of sp³-hybridized carbons (Fsp3) is 0.562. The van der Waals surface area contributed by atoms with Gasteiger partial charge in [-0.05, 0) is 62.0 Å². The van der Waals surface area contributed by atoms with Gasteiger partial charge >= 0.3 is 0 Å². The summed E-state index contributed by atoms with van der Waals surface area (Å²) in [6, 6.07) is 8.18. The maximum absolute atomic E-state index is 8.88. The quantitative estimate of drug-likeness (QED) is 0.833. The highest BCUT2D eigenvalue weighted by Crippen LogP contribution is 2.20. The van der Waals surface area contributed by atoms with Crippen molar-refractivity contribution >= 4 is 0 Å². The molecule has 0 aromatic heterocycles. The van der Waals surface area contributed by atoms with Crippen LogP contribution in [-0.4, -0.2) is 31.7 Å². The number of ether oxygens (including phenoxy) is 1. The van der Waals surface area contributed by atoms with Crippen LogP contribution in [0.2, 0.25) is 0 Å². The van der Waals surface area contributed by atoms with E-state index < -0.39 is 0 Å². The zero-order valence-electron chi connectivity index (χ0n) is 11.9. The van der Waals surface area contributed by atoms with Gasteiger partial charge in [0.2, 0.25) is 0 Å². The summed E-state index contributed by atoms with van der Waals surface area (Å²) in [7, 11) is 1.78. The van der Waals surface area contributed by atoms with Crippen LogP contribution in [0.3, 0.4) is 0 Å². The first kappa shape index (κ1) is 14.0. The Balaban J connectivity index is 1.91. The average Bonchev–Trinajstić information content (AvgIpc) is 2.43. The van der Waals surface area contributed by atoms with Crippen LogP contribution in [0.15, 0.2) is 18.2 Å². The van der Waals surface area contributed by atoms with Crippen LogP contribution >= 0.6 is 0 Å². The topological polar surface area (TPSA) is 36.3 Å². The summed E-state index contributed by atoms with van der Waals surface area (Å²) in [6.45, 7) is 6.27. The molecule has 1 fully saturated rings. The van der Waals surface area contributed by atoms with Gasteiger partial charge in [0.1, 0.15) is 0 Å². The largest absolute Gasteiger partial charge is 0.384 e. The Morgan fingerprint density at radius 1 is 1.37 bits per heavy atom. The summed E-state index contributed by atoms with van der Waals surface area (Å²) >= 11 is 0. The molecule has 0 spiro atoms. The maximum Gasteiger partial charge on any atom is 0.0991 e. The molecular formula is C16H22N2O. The summed E-state index contributed by atoms with van der Waals surface area (Å²) in [6.07, 6.45) is 2.45. The Morgan fingerprint density at radius 3 is 2.68 bits per heavy atom. The molecular weight excluding hydrogens is 236 g/mol. The third kappa shape index (κ3) is 3.79. The van der Waals surface area contributed by atoms with Gasteiger partial charge in [-0.3, -0.25) is 4.90 Å². The smallest absolute Gasteiger partial charge is 0.0991 e. The van der Waals surface area contributed by atoms with Crippen molar-refractivity contribution in [1.29, 1.82) is 5.26 Å². The van der Waals surface area contributed by atoms with E-state index in [1.807, 2.05) is 12.1 Å². The van der Waals surface area contributed by atoms with E-state index in [0.717, 1.165) is 37.7 Å². The minimum atomic E-state index is 0.725. The molecule has 1 heterocycles. The molecule has 0 unspecified atom stereocenters. The highest BCUT2D eigenvalue weighted by Gasteiger charge is 2.19. The Bertz CT molecular complexity index is 456.